The van der Waals surface area contributed by atoms with Crippen LogP contribution < -0.4 is 16.9 Å². The van der Waals surface area contributed by atoms with Crippen LogP contribution >= 0.6 is 15.9 Å². The number of H-pyrrole nitrogens is 1. The van der Waals surface area contributed by atoms with Gasteiger partial charge in [0.25, 0.3) is 5.56 Å². The Labute approximate surface area is 190 Å². The summed E-state index contributed by atoms with van der Waals surface area (Å²) in [6.45, 7) is 3.70. The fourth-order valence-electron chi connectivity index (χ4n) is 3.61. The first-order valence-corrected chi connectivity index (χ1v) is 10.4. The molecule has 2 N–H and O–H groups in total. The van der Waals surface area contributed by atoms with Gasteiger partial charge in [0.2, 0.25) is 5.88 Å². The van der Waals surface area contributed by atoms with E-state index in [1.54, 1.807) is 44.4 Å². The van der Waals surface area contributed by atoms with Gasteiger partial charge in [-0.3, -0.25) is 23.9 Å². The summed E-state index contributed by atoms with van der Waals surface area (Å²) in [7, 11) is 3.34. The molecule has 2 aromatic heterocycles. The number of nitrogens with one attached hydrogen (secondary N) is 1. The van der Waals surface area contributed by atoms with Gasteiger partial charge in [0, 0.05) is 24.8 Å². The maximum Gasteiger partial charge on any atom is 0.335 e. The molecule has 2 aromatic carbocycles. The molecule has 0 amide bonds. The van der Waals surface area contributed by atoms with Gasteiger partial charge >= 0.3 is 11.4 Å². The molecule has 0 aliphatic carbocycles. The second-order valence-electron chi connectivity index (χ2n) is 7.48. The minimum atomic E-state index is -0.757. The quantitative estimate of drug-likeness (QED) is 0.423. The number of fused-ring (bicyclic) bond motifs is 1. The molecule has 0 saturated heterocycles. The molecule has 164 valence electrons. The summed E-state index contributed by atoms with van der Waals surface area (Å²) in [5.41, 5.74) is 2.17. The Morgan fingerprint density at radius 1 is 1.00 bits per heavy atom. The molecule has 4 rings (SSSR count). The summed E-state index contributed by atoms with van der Waals surface area (Å²) in [4.78, 5) is 43.6. The number of aliphatic imine (C=N–C) groups is 1. The number of aryl methyl sites for hydroxylation is 2. The third-order valence-electron chi connectivity index (χ3n) is 5.65. The fourth-order valence-corrected chi connectivity index (χ4v) is 4.04. The Morgan fingerprint density at radius 3 is 2.41 bits per heavy atom. The Bertz CT molecular complexity index is 1600. The van der Waals surface area contributed by atoms with Crippen molar-refractivity contribution in [2.75, 3.05) is 0 Å². The molecule has 0 fully saturated rings. The molecule has 0 saturated carbocycles. The summed E-state index contributed by atoms with van der Waals surface area (Å²) in [5, 5.41) is 10.8. The topological polar surface area (TPSA) is 114 Å². The molecule has 0 radical (unpaired) electrons. The van der Waals surface area contributed by atoms with Crippen LogP contribution in [-0.2, 0) is 14.1 Å². The number of aromatic hydroxyl groups is 1. The second kappa shape index (κ2) is 7.79. The number of aromatic nitrogens is 4. The van der Waals surface area contributed by atoms with Gasteiger partial charge in [-0.05, 0) is 55.3 Å². The van der Waals surface area contributed by atoms with Crippen molar-refractivity contribution in [3.63, 3.8) is 0 Å². The molecular weight excluding hydrogens is 478 g/mol. The summed E-state index contributed by atoms with van der Waals surface area (Å²) in [6, 6.07) is 8.60. The number of hydrogen-bond acceptors (Lipinski definition) is 5. The van der Waals surface area contributed by atoms with Crippen molar-refractivity contribution in [2.24, 2.45) is 19.1 Å². The zero-order chi connectivity index (χ0) is 23.3. The molecular formula is C22H20BrN5O4. The third kappa shape index (κ3) is 3.32. The Morgan fingerprint density at radius 2 is 1.69 bits per heavy atom. The summed E-state index contributed by atoms with van der Waals surface area (Å²) >= 11 is 3.44. The monoisotopic (exact) mass is 497 g/mol. The van der Waals surface area contributed by atoms with E-state index in [0.29, 0.717) is 16.9 Å². The molecule has 0 unspecified atom stereocenters. The van der Waals surface area contributed by atoms with E-state index in [1.165, 1.54) is 15.3 Å². The van der Waals surface area contributed by atoms with E-state index >= 15 is 0 Å². The molecule has 2 heterocycles. The molecule has 32 heavy (non-hydrogen) atoms. The normalized spacial score (nSPS) is 11.7. The van der Waals surface area contributed by atoms with Crippen LogP contribution in [0.25, 0.3) is 16.7 Å². The molecule has 10 heteroatoms. The predicted octanol–water partition coefficient (Wildman–Crippen LogP) is 2.55. The molecule has 0 spiro atoms. The number of hydrogen-bond donors (Lipinski definition) is 2. The summed E-state index contributed by atoms with van der Waals surface area (Å²) < 4.78 is 4.93. The lowest BCUT2D eigenvalue weighted by molar-refractivity contribution is 0.430. The van der Waals surface area contributed by atoms with Crippen LogP contribution in [0.2, 0.25) is 0 Å². The summed E-state index contributed by atoms with van der Waals surface area (Å²) in [5.74, 6) is -0.513. The zero-order valence-electron chi connectivity index (χ0n) is 17.8. The highest BCUT2D eigenvalue weighted by molar-refractivity contribution is 9.10. The standard InChI is InChI=1S/C22H20BrN5O4/c1-11-12(2)16(8-6-15(11)23)28-20(30)14(19(29)25-21(28)31)10-24-13-5-7-17-18(9-13)27(4)22(32)26(17)3/h5-10,30H,1-4H3,(H,25,29,31). The Hall–Kier alpha value is -3.66. The van der Waals surface area contributed by atoms with E-state index in [0.717, 1.165) is 25.7 Å². The number of nitrogens with zero attached hydrogens (tertiary/aromatic N) is 4. The van der Waals surface area contributed by atoms with Gasteiger partial charge in [0.1, 0.15) is 5.56 Å². The van der Waals surface area contributed by atoms with E-state index < -0.39 is 17.1 Å². The Kier molecular flexibility index (Phi) is 5.25. The lowest BCUT2D eigenvalue weighted by Gasteiger charge is -2.14. The van der Waals surface area contributed by atoms with Crippen LogP contribution in [0.3, 0.4) is 0 Å². The van der Waals surface area contributed by atoms with Crippen LogP contribution in [0.5, 0.6) is 5.88 Å². The van der Waals surface area contributed by atoms with Gasteiger partial charge in [-0.25, -0.2) is 14.2 Å². The minimum absolute atomic E-state index is 0.161. The molecule has 4 aromatic rings. The zero-order valence-corrected chi connectivity index (χ0v) is 19.4. The van der Waals surface area contributed by atoms with E-state index in [4.69, 9.17) is 0 Å². The second-order valence-corrected chi connectivity index (χ2v) is 8.33. The van der Waals surface area contributed by atoms with Crippen molar-refractivity contribution in [3.05, 3.63) is 82.8 Å². The number of rotatable bonds is 3. The van der Waals surface area contributed by atoms with Crippen molar-refractivity contribution in [1.29, 1.82) is 0 Å². The van der Waals surface area contributed by atoms with Gasteiger partial charge < -0.3 is 5.11 Å². The van der Waals surface area contributed by atoms with Crippen LogP contribution in [0.1, 0.15) is 16.7 Å². The number of benzene rings is 2. The van der Waals surface area contributed by atoms with Crippen molar-refractivity contribution in [3.8, 4) is 11.6 Å². The number of halogens is 1. The number of aromatic amines is 1. The van der Waals surface area contributed by atoms with E-state index in [1.807, 2.05) is 13.8 Å². The van der Waals surface area contributed by atoms with Crippen molar-refractivity contribution in [1.82, 2.24) is 18.7 Å². The molecule has 9 nitrogen and oxygen atoms in total. The summed E-state index contributed by atoms with van der Waals surface area (Å²) in [6.07, 6.45) is 1.20. The first-order chi connectivity index (χ1) is 15.1. The van der Waals surface area contributed by atoms with Crippen LogP contribution in [-0.4, -0.2) is 30.0 Å². The van der Waals surface area contributed by atoms with Gasteiger partial charge in [0.15, 0.2) is 0 Å². The minimum Gasteiger partial charge on any atom is -0.493 e. The third-order valence-corrected chi connectivity index (χ3v) is 6.51. The van der Waals surface area contributed by atoms with E-state index in [9.17, 15) is 19.5 Å². The van der Waals surface area contributed by atoms with Gasteiger partial charge in [-0.1, -0.05) is 15.9 Å². The molecule has 0 aliphatic heterocycles. The highest BCUT2D eigenvalue weighted by Gasteiger charge is 2.17. The predicted molar refractivity (Wildman–Crippen MR) is 127 cm³/mol. The van der Waals surface area contributed by atoms with Gasteiger partial charge in [-0.2, -0.15) is 0 Å². The maximum atomic E-state index is 12.5. The van der Waals surface area contributed by atoms with Gasteiger partial charge in [0.05, 0.1) is 22.4 Å². The first kappa shape index (κ1) is 21.6. The van der Waals surface area contributed by atoms with E-state index in [2.05, 4.69) is 25.9 Å². The molecule has 0 bridgehead atoms. The molecule has 0 aliphatic rings. The highest BCUT2D eigenvalue weighted by Crippen LogP contribution is 2.27. The van der Waals surface area contributed by atoms with Crippen molar-refractivity contribution in [2.45, 2.75) is 13.8 Å². The SMILES string of the molecule is Cc1c(Br)ccc(-n2c(O)c(C=Nc3ccc4c(c3)n(C)c(=O)n4C)c(=O)[nH]c2=O)c1C. The number of imidazole rings is 1. The maximum absolute atomic E-state index is 12.5. The Balaban J connectivity index is 1.85. The van der Waals surface area contributed by atoms with Crippen LogP contribution in [0.4, 0.5) is 5.69 Å². The lowest BCUT2D eigenvalue weighted by Crippen LogP contribution is -2.31. The smallest absolute Gasteiger partial charge is 0.335 e. The van der Waals surface area contributed by atoms with Gasteiger partial charge in [-0.15, -0.1) is 0 Å². The van der Waals surface area contributed by atoms with Crippen LogP contribution in [0.15, 0.2) is 54.2 Å². The fraction of sp³-hybridized carbons (Fsp3) is 0.182. The lowest BCUT2D eigenvalue weighted by atomic mass is 10.1. The highest BCUT2D eigenvalue weighted by atomic mass is 79.9. The van der Waals surface area contributed by atoms with E-state index in [-0.39, 0.29) is 11.3 Å². The van der Waals surface area contributed by atoms with Crippen molar-refractivity contribution < 1.29 is 5.11 Å². The first-order valence-electron chi connectivity index (χ1n) is 9.65. The molecule has 0 atom stereocenters. The largest absolute Gasteiger partial charge is 0.493 e. The van der Waals surface area contributed by atoms with Crippen LogP contribution in [0, 0.1) is 13.8 Å². The van der Waals surface area contributed by atoms with Crippen molar-refractivity contribution >= 4 is 38.9 Å². The average molecular weight is 498 g/mol. The average Bonchev–Trinajstić information content (AvgIpc) is 2.97.